The summed E-state index contributed by atoms with van der Waals surface area (Å²) in [6.45, 7) is 0.945. The first-order valence-electron chi connectivity index (χ1n) is 9.54. The summed E-state index contributed by atoms with van der Waals surface area (Å²) >= 11 is 6.20. The second kappa shape index (κ2) is 9.32. The molecule has 0 spiro atoms. The number of nitrogens with zero attached hydrogens (tertiary/aromatic N) is 5. The Labute approximate surface area is 178 Å². The quantitative estimate of drug-likeness (QED) is 0.454. The topological polar surface area (TPSA) is 97.1 Å². The molecule has 0 atom stereocenters. The summed E-state index contributed by atoms with van der Waals surface area (Å²) in [5, 5.41) is 19.7. The van der Waals surface area contributed by atoms with Crippen molar-refractivity contribution >= 4 is 29.0 Å². The number of hydrogen-bond donors (Lipinski definition) is 2. The molecule has 0 radical (unpaired) electrons. The highest BCUT2D eigenvalue weighted by Crippen LogP contribution is 2.16. The molecule has 0 saturated carbocycles. The summed E-state index contributed by atoms with van der Waals surface area (Å²) < 4.78 is 1.65. The van der Waals surface area contributed by atoms with Gasteiger partial charge in [0.2, 0.25) is 5.91 Å². The average molecular weight is 422 g/mol. The zero-order valence-corrected chi connectivity index (χ0v) is 16.9. The van der Waals surface area contributed by atoms with Gasteiger partial charge in [-0.05, 0) is 35.9 Å². The smallest absolute Gasteiger partial charge is 0.220 e. The second-order valence-electron chi connectivity index (χ2n) is 6.65. The lowest BCUT2D eigenvalue weighted by Gasteiger charge is -2.08. The normalized spacial score (nSPS) is 10.8. The maximum Gasteiger partial charge on any atom is 0.220 e. The minimum atomic E-state index is -0.0783. The molecule has 4 aromatic rings. The monoisotopic (exact) mass is 421 g/mol. The first-order chi connectivity index (χ1) is 14.7. The molecule has 4 rings (SSSR count). The molecule has 0 aliphatic heterocycles. The van der Waals surface area contributed by atoms with E-state index in [1.54, 1.807) is 10.7 Å². The van der Waals surface area contributed by atoms with E-state index in [1.165, 1.54) is 0 Å². The van der Waals surface area contributed by atoms with Crippen molar-refractivity contribution in [3.05, 3.63) is 82.9 Å². The third-order valence-corrected chi connectivity index (χ3v) is 4.88. The van der Waals surface area contributed by atoms with Crippen molar-refractivity contribution < 1.29 is 4.79 Å². The van der Waals surface area contributed by atoms with Crippen LogP contribution < -0.4 is 10.6 Å². The molecule has 0 aliphatic rings. The van der Waals surface area contributed by atoms with E-state index in [0.717, 1.165) is 11.3 Å². The van der Waals surface area contributed by atoms with Crippen LogP contribution >= 0.6 is 11.6 Å². The third kappa shape index (κ3) is 4.90. The fourth-order valence-electron chi connectivity index (χ4n) is 2.92. The summed E-state index contributed by atoms with van der Waals surface area (Å²) in [4.78, 5) is 16.4. The van der Waals surface area contributed by atoms with Gasteiger partial charge in [0.15, 0.2) is 11.5 Å². The van der Waals surface area contributed by atoms with E-state index < -0.39 is 0 Å². The Balaban J connectivity index is 1.36. The lowest BCUT2D eigenvalue weighted by atomic mass is 10.2. The predicted octanol–water partition coefficient (Wildman–Crippen LogP) is 3.03. The van der Waals surface area contributed by atoms with Gasteiger partial charge in [-0.2, -0.15) is 4.52 Å². The van der Waals surface area contributed by atoms with Crippen LogP contribution in [-0.2, 0) is 24.3 Å². The number of fused-ring (bicyclic) bond motifs is 1. The van der Waals surface area contributed by atoms with Gasteiger partial charge in [-0.25, -0.2) is 0 Å². The van der Waals surface area contributed by atoms with Crippen molar-refractivity contribution in [3.8, 4) is 0 Å². The number of carbonyl (C=O) groups is 1. The maximum atomic E-state index is 12.2. The number of rotatable bonds is 8. The van der Waals surface area contributed by atoms with Crippen molar-refractivity contribution in [2.75, 3.05) is 5.32 Å². The molecule has 0 fully saturated rings. The SMILES string of the molecule is O=C(CCc1nnc2ccc(NCc3ccccc3Cl)nn12)NCc1ccccn1. The van der Waals surface area contributed by atoms with Crippen molar-refractivity contribution in [3.63, 3.8) is 0 Å². The van der Waals surface area contributed by atoms with Gasteiger partial charge in [-0.15, -0.1) is 15.3 Å². The molecule has 0 unspecified atom stereocenters. The summed E-state index contributed by atoms with van der Waals surface area (Å²) in [6, 6.07) is 16.9. The molecule has 152 valence electrons. The molecule has 2 N–H and O–H groups in total. The van der Waals surface area contributed by atoms with E-state index in [4.69, 9.17) is 11.6 Å². The first-order valence-corrected chi connectivity index (χ1v) is 9.92. The molecule has 3 aromatic heterocycles. The highest BCUT2D eigenvalue weighted by atomic mass is 35.5. The van der Waals surface area contributed by atoms with Gasteiger partial charge in [0.25, 0.3) is 0 Å². The Kier molecular flexibility index (Phi) is 6.14. The molecule has 1 amide bonds. The Morgan fingerprint density at radius 3 is 2.70 bits per heavy atom. The van der Waals surface area contributed by atoms with Crippen molar-refractivity contribution in [2.24, 2.45) is 0 Å². The third-order valence-electron chi connectivity index (χ3n) is 4.51. The molecule has 9 heteroatoms. The van der Waals surface area contributed by atoms with Crippen LogP contribution in [0.1, 0.15) is 23.5 Å². The highest BCUT2D eigenvalue weighted by Gasteiger charge is 2.11. The number of benzene rings is 1. The van der Waals surface area contributed by atoms with Crippen molar-refractivity contribution in [2.45, 2.75) is 25.9 Å². The van der Waals surface area contributed by atoms with Crippen LogP contribution in [-0.4, -0.2) is 30.7 Å². The van der Waals surface area contributed by atoms with E-state index in [-0.39, 0.29) is 12.3 Å². The molecule has 0 bridgehead atoms. The van der Waals surface area contributed by atoms with Crippen LogP contribution in [0.4, 0.5) is 5.82 Å². The standard InChI is InChI=1S/C21H20ClN7O/c22-17-7-2-1-5-15(17)13-24-18-8-9-19-26-27-20(29(19)28-18)10-11-21(30)25-14-16-6-3-4-12-23-16/h1-9,12H,10-11,13-14H2,(H,24,28)(H,25,30). The molecule has 0 aliphatic carbocycles. The van der Waals surface area contributed by atoms with Gasteiger partial charge in [0, 0.05) is 30.6 Å². The molecule has 0 saturated heterocycles. The Morgan fingerprint density at radius 2 is 1.87 bits per heavy atom. The minimum Gasteiger partial charge on any atom is -0.364 e. The fraction of sp³-hybridized carbons (Fsp3) is 0.190. The van der Waals surface area contributed by atoms with Gasteiger partial charge in [-0.1, -0.05) is 35.9 Å². The Hall–Kier alpha value is -3.52. The first kappa shape index (κ1) is 19.8. The number of halogens is 1. The van der Waals surface area contributed by atoms with E-state index >= 15 is 0 Å². The Bertz CT molecular complexity index is 1150. The number of nitrogens with one attached hydrogen (secondary N) is 2. The maximum absolute atomic E-state index is 12.2. The molecular weight excluding hydrogens is 402 g/mol. The second-order valence-corrected chi connectivity index (χ2v) is 7.05. The van der Waals surface area contributed by atoms with E-state index in [9.17, 15) is 4.79 Å². The minimum absolute atomic E-state index is 0.0783. The Morgan fingerprint density at radius 1 is 1.00 bits per heavy atom. The lowest BCUT2D eigenvalue weighted by Crippen LogP contribution is -2.23. The van der Waals surface area contributed by atoms with Gasteiger partial charge in [0.05, 0.1) is 12.2 Å². The van der Waals surface area contributed by atoms with E-state index in [1.807, 2.05) is 54.6 Å². The van der Waals surface area contributed by atoms with Crippen molar-refractivity contribution in [1.82, 2.24) is 30.1 Å². The van der Waals surface area contributed by atoms with Crippen LogP contribution in [0.3, 0.4) is 0 Å². The van der Waals surface area contributed by atoms with Crippen LogP contribution in [0.2, 0.25) is 5.02 Å². The summed E-state index contributed by atoms with van der Waals surface area (Å²) in [5.41, 5.74) is 2.42. The predicted molar refractivity (Wildman–Crippen MR) is 114 cm³/mol. The average Bonchev–Trinajstić information content (AvgIpc) is 3.18. The summed E-state index contributed by atoms with van der Waals surface area (Å²) in [5.74, 6) is 1.22. The molecular formula is C21H20ClN7O. The van der Waals surface area contributed by atoms with Crippen molar-refractivity contribution in [1.29, 1.82) is 0 Å². The number of hydrogen-bond acceptors (Lipinski definition) is 6. The van der Waals surface area contributed by atoms with Gasteiger partial charge < -0.3 is 10.6 Å². The molecule has 8 nitrogen and oxygen atoms in total. The van der Waals surface area contributed by atoms with Gasteiger partial charge in [-0.3, -0.25) is 9.78 Å². The highest BCUT2D eigenvalue weighted by molar-refractivity contribution is 6.31. The van der Waals surface area contributed by atoms with Crippen LogP contribution in [0.15, 0.2) is 60.8 Å². The van der Waals surface area contributed by atoms with Crippen LogP contribution in [0, 0.1) is 0 Å². The summed E-state index contributed by atoms with van der Waals surface area (Å²) in [6.07, 6.45) is 2.41. The number of carbonyl (C=O) groups excluding carboxylic acids is 1. The number of amides is 1. The lowest BCUT2D eigenvalue weighted by molar-refractivity contribution is -0.121. The van der Waals surface area contributed by atoms with Gasteiger partial charge in [0.1, 0.15) is 5.82 Å². The van der Waals surface area contributed by atoms with E-state index in [0.29, 0.717) is 41.8 Å². The van der Waals surface area contributed by atoms with Crippen LogP contribution in [0.25, 0.3) is 5.65 Å². The fourth-order valence-corrected chi connectivity index (χ4v) is 3.12. The molecule has 30 heavy (non-hydrogen) atoms. The van der Waals surface area contributed by atoms with E-state index in [2.05, 4.69) is 30.9 Å². The summed E-state index contributed by atoms with van der Waals surface area (Å²) in [7, 11) is 0. The van der Waals surface area contributed by atoms with Gasteiger partial charge >= 0.3 is 0 Å². The zero-order valence-electron chi connectivity index (χ0n) is 16.1. The number of aryl methyl sites for hydroxylation is 1. The molecule has 1 aromatic carbocycles. The number of anilines is 1. The zero-order chi connectivity index (χ0) is 20.8. The number of aromatic nitrogens is 5. The number of pyridine rings is 1. The molecule has 3 heterocycles. The van der Waals surface area contributed by atoms with Crippen LogP contribution in [0.5, 0.6) is 0 Å². The largest absolute Gasteiger partial charge is 0.364 e.